The third-order valence-corrected chi connectivity index (χ3v) is 8.77. The summed E-state index contributed by atoms with van der Waals surface area (Å²) < 4.78 is 4.94. The number of hydrogen-bond donors (Lipinski definition) is 1. The predicted octanol–water partition coefficient (Wildman–Crippen LogP) is 8.94. The molecule has 1 aliphatic heterocycles. The van der Waals surface area contributed by atoms with Crippen LogP contribution in [0.4, 0.5) is 0 Å². The SMILES string of the molecule is C1CCOC1.CCCCCN(C)CCCCC(CC)C(=O)CCC(C)=O.CCCCCNCCCCC(CC)C(=O)CCC(C)=O. The van der Waals surface area contributed by atoms with Gasteiger partial charge in [-0.15, -0.1) is 0 Å². The summed E-state index contributed by atoms with van der Waals surface area (Å²) in [6.45, 7) is 18.2. The summed E-state index contributed by atoms with van der Waals surface area (Å²) in [7, 11) is 2.19. The van der Waals surface area contributed by atoms with E-state index in [-0.39, 0.29) is 35.0 Å². The number of nitrogens with zero attached hydrogens (tertiary/aromatic N) is 1. The molecule has 2 unspecified atom stereocenters. The number of hydrogen-bond acceptors (Lipinski definition) is 7. The molecule has 0 amide bonds. The smallest absolute Gasteiger partial charge is 0.136 e. The van der Waals surface area contributed by atoms with E-state index < -0.39 is 0 Å². The summed E-state index contributed by atoms with van der Waals surface area (Å²) in [5.41, 5.74) is 0. The van der Waals surface area contributed by atoms with Crippen LogP contribution < -0.4 is 5.32 Å². The summed E-state index contributed by atoms with van der Waals surface area (Å²) in [4.78, 5) is 48.2. The number of carbonyl (C=O) groups excluding carboxylic acids is 4. The molecular formula is C39H76N2O5. The van der Waals surface area contributed by atoms with Gasteiger partial charge in [0.15, 0.2) is 0 Å². The fourth-order valence-corrected chi connectivity index (χ4v) is 5.48. The Morgan fingerprint density at radius 3 is 1.41 bits per heavy atom. The molecule has 1 aliphatic rings. The highest BCUT2D eigenvalue weighted by molar-refractivity contribution is 5.86. The van der Waals surface area contributed by atoms with Crippen LogP contribution >= 0.6 is 0 Å². The number of nitrogens with one attached hydrogen (secondary N) is 1. The average Bonchev–Trinajstić information content (AvgIpc) is 3.63. The van der Waals surface area contributed by atoms with Crippen LogP contribution in [0.1, 0.15) is 170 Å². The second-order valence-electron chi connectivity index (χ2n) is 13.3. The summed E-state index contributed by atoms with van der Waals surface area (Å²) in [5.74, 6) is 1.11. The molecule has 1 heterocycles. The van der Waals surface area contributed by atoms with Gasteiger partial charge in [-0.05, 0) is 111 Å². The topological polar surface area (TPSA) is 92.8 Å². The standard InChI is InChI=1S/C18H35NO2.C17H33NO2.C4H8O/c1-5-7-9-14-19(4)15-10-8-11-17(6-2)18(21)13-12-16(3)20;1-4-6-8-13-18-14-9-7-10-16(5-2)17(20)12-11-15(3)19;1-2-4-5-3-1/h17H,5-15H2,1-4H3;16,18H,4-14H2,1-3H3;1-4H2. The van der Waals surface area contributed by atoms with Crippen molar-refractivity contribution in [2.75, 3.05) is 46.4 Å². The molecule has 46 heavy (non-hydrogen) atoms. The Morgan fingerprint density at radius 2 is 1.02 bits per heavy atom. The second kappa shape index (κ2) is 34.9. The molecule has 0 spiro atoms. The fraction of sp³-hybridized carbons (Fsp3) is 0.897. The number of ketones is 4. The summed E-state index contributed by atoms with van der Waals surface area (Å²) in [6.07, 6.45) is 20.2. The van der Waals surface area contributed by atoms with E-state index in [9.17, 15) is 19.2 Å². The van der Waals surface area contributed by atoms with Crippen molar-refractivity contribution in [2.24, 2.45) is 11.8 Å². The minimum atomic E-state index is 0.115. The first-order valence-electron chi connectivity index (χ1n) is 19.1. The van der Waals surface area contributed by atoms with Crippen molar-refractivity contribution in [3.05, 3.63) is 0 Å². The fourth-order valence-electron chi connectivity index (χ4n) is 5.48. The number of unbranched alkanes of at least 4 members (excludes halogenated alkanes) is 6. The van der Waals surface area contributed by atoms with Crippen molar-refractivity contribution >= 4 is 23.1 Å². The van der Waals surface area contributed by atoms with Crippen LogP contribution in [0.2, 0.25) is 0 Å². The van der Waals surface area contributed by atoms with Gasteiger partial charge in [-0.2, -0.15) is 0 Å². The van der Waals surface area contributed by atoms with Crippen molar-refractivity contribution < 1.29 is 23.9 Å². The van der Waals surface area contributed by atoms with E-state index in [0.717, 1.165) is 77.8 Å². The monoisotopic (exact) mass is 653 g/mol. The van der Waals surface area contributed by atoms with Gasteiger partial charge >= 0.3 is 0 Å². The van der Waals surface area contributed by atoms with Gasteiger partial charge in [-0.1, -0.05) is 66.2 Å². The Hall–Kier alpha value is -1.44. The minimum Gasteiger partial charge on any atom is -0.381 e. The van der Waals surface area contributed by atoms with E-state index in [4.69, 9.17) is 4.74 Å². The lowest BCUT2D eigenvalue weighted by molar-refractivity contribution is -0.126. The average molecular weight is 653 g/mol. The number of Topliss-reactive ketones (excluding diaryl/α,β-unsaturated/α-hetero) is 4. The molecule has 1 saturated heterocycles. The Kier molecular flexibility index (Phi) is 35.4. The zero-order valence-electron chi connectivity index (χ0n) is 31.5. The van der Waals surface area contributed by atoms with Crippen molar-refractivity contribution in [3.8, 4) is 0 Å². The van der Waals surface area contributed by atoms with Gasteiger partial charge in [0.1, 0.15) is 23.1 Å². The van der Waals surface area contributed by atoms with Crippen LogP contribution in [0, 0.1) is 11.8 Å². The van der Waals surface area contributed by atoms with E-state index in [1.54, 1.807) is 13.8 Å². The van der Waals surface area contributed by atoms with E-state index in [1.807, 2.05) is 0 Å². The Bertz CT molecular complexity index is 730. The molecule has 0 radical (unpaired) electrons. The van der Waals surface area contributed by atoms with Crippen molar-refractivity contribution in [1.82, 2.24) is 10.2 Å². The molecule has 1 N–H and O–H groups in total. The Balaban J connectivity index is 0. The lowest BCUT2D eigenvalue weighted by Gasteiger charge is -2.17. The molecule has 272 valence electrons. The molecule has 0 aromatic rings. The number of rotatable bonds is 28. The van der Waals surface area contributed by atoms with Crippen LogP contribution in [0.15, 0.2) is 0 Å². The molecule has 1 rings (SSSR count). The molecule has 0 saturated carbocycles. The lowest BCUT2D eigenvalue weighted by atomic mass is 9.92. The maximum Gasteiger partial charge on any atom is 0.136 e. The van der Waals surface area contributed by atoms with Crippen LogP contribution in [0.25, 0.3) is 0 Å². The first kappa shape index (κ1) is 46.7. The largest absolute Gasteiger partial charge is 0.381 e. The normalized spacial score (nSPS) is 13.7. The van der Waals surface area contributed by atoms with Crippen molar-refractivity contribution in [3.63, 3.8) is 0 Å². The predicted molar refractivity (Wildman–Crippen MR) is 195 cm³/mol. The molecule has 0 aromatic heterocycles. The summed E-state index contributed by atoms with van der Waals surface area (Å²) in [6, 6.07) is 0. The van der Waals surface area contributed by atoms with Gasteiger partial charge in [0.2, 0.25) is 0 Å². The molecule has 1 fully saturated rings. The van der Waals surface area contributed by atoms with Gasteiger partial charge in [-0.3, -0.25) is 9.59 Å². The zero-order chi connectivity index (χ0) is 34.8. The molecular weight excluding hydrogens is 576 g/mol. The summed E-state index contributed by atoms with van der Waals surface area (Å²) >= 11 is 0. The Morgan fingerprint density at radius 1 is 0.609 bits per heavy atom. The van der Waals surface area contributed by atoms with E-state index in [2.05, 4.69) is 45.0 Å². The third kappa shape index (κ3) is 32.5. The number of carbonyl (C=O) groups is 4. The van der Waals surface area contributed by atoms with Crippen LogP contribution in [0.5, 0.6) is 0 Å². The highest BCUT2D eigenvalue weighted by Crippen LogP contribution is 2.18. The van der Waals surface area contributed by atoms with Gasteiger partial charge in [-0.25, -0.2) is 0 Å². The van der Waals surface area contributed by atoms with Crippen molar-refractivity contribution in [1.29, 1.82) is 0 Å². The van der Waals surface area contributed by atoms with E-state index >= 15 is 0 Å². The lowest BCUT2D eigenvalue weighted by Crippen LogP contribution is -2.21. The second-order valence-corrected chi connectivity index (χ2v) is 13.3. The van der Waals surface area contributed by atoms with Gasteiger partial charge in [0.25, 0.3) is 0 Å². The molecule has 0 aliphatic carbocycles. The van der Waals surface area contributed by atoms with Crippen LogP contribution in [0.3, 0.4) is 0 Å². The molecule has 7 nitrogen and oxygen atoms in total. The third-order valence-electron chi connectivity index (χ3n) is 8.77. The number of ether oxygens (including phenoxy) is 1. The highest BCUT2D eigenvalue weighted by atomic mass is 16.5. The highest BCUT2D eigenvalue weighted by Gasteiger charge is 2.17. The molecule has 0 bridgehead atoms. The van der Waals surface area contributed by atoms with E-state index in [1.165, 1.54) is 64.3 Å². The first-order chi connectivity index (χ1) is 22.1. The van der Waals surface area contributed by atoms with E-state index in [0.29, 0.717) is 25.7 Å². The Labute approximate surface area is 285 Å². The van der Waals surface area contributed by atoms with Crippen LogP contribution in [-0.4, -0.2) is 74.5 Å². The molecule has 2 atom stereocenters. The zero-order valence-corrected chi connectivity index (χ0v) is 31.5. The maximum absolute atomic E-state index is 12.0. The summed E-state index contributed by atoms with van der Waals surface area (Å²) in [5, 5.41) is 3.45. The first-order valence-corrected chi connectivity index (χ1v) is 19.1. The molecule has 7 heteroatoms. The maximum atomic E-state index is 12.0. The minimum absolute atomic E-state index is 0.115. The quantitative estimate of drug-likeness (QED) is 0.0844. The van der Waals surface area contributed by atoms with Gasteiger partial charge in [0, 0.05) is 50.7 Å². The van der Waals surface area contributed by atoms with Crippen molar-refractivity contribution in [2.45, 2.75) is 170 Å². The van der Waals surface area contributed by atoms with Gasteiger partial charge < -0.3 is 24.5 Å². The molecule has 0 aromatic carbocycles. The van der Waals surface area contributed by atoms with Crippen LogP contribution in [-0.2, 0) is 23.9 Å². The van der Waals surface area contributed by atoms with Gasteiger partial charge in [0.05, 0.1) is 0 Å².